The molecule has 0 unspecified atom stereocenters. The van der Waals surface area contributed by atoms with Crippen molar-refractivity contribution in [2.75, 3.05) is 13.1 Å². The van der Waals surface area contributed by atoms with Crippen LogP contribution in [0.1, 0.15) is 45.2 Å². The molecule has 0 atom stereocenters. The minimum atomic E-state index is 0.171. The second kappa shape index (κ2) is 6.55. The van der Waals surface area contributed by atoms with E-state index in [9.17, 15) is 0 Å². The Morgan fingerprint density at radius 3 is 2.65 bits per heavy atom. The van der Waals surface area contributed by atoms with Gasteiger partial charge in [-0.15, -0.1) is 0 Å². The van der Waals surface area contributed by atoms with Gasteiger partial charge in [-0.3, -0.25) is 4.90 Å². The third kappa shape index (κ3) is 5.10. The van der Waals surface area contributed by atoms with E-state index in [1.165, 1.54) is 29.7 Å². The minimum Gasteiger partial charge on any atom is -0.308 e. The van der Waals surface area contributed by atoms with Gasteiger partial charge in [-0.1, -0.05) is 35.9 Å². The van der Waals surface area contributed by atoms with Crippen molar-refractivity contribution in [3.8, 4) is 0 Å². The number of hydrogen-bond donors (Lipinski definition) is 1. The maximum atomic E-state index is 3.55. The molecule has 0 radical (unpaired) electrons. The summed E-state index contributed by atoms with van der Waals surface area (Å²) in [5.41, 5.74) is 4.47. The molecule has 1 aliphatic heterocycles. The van der Waals surface area contributed by atoms with Crippen LogP contribution in [-0.4, -0.2) is 23.5 Å². The van der Waals surface area contributed by atoms with Crippen LogP contribution in [0.2, 0.25) is 0 Å². The molecule has 0 spiro atoms. The summed E-state index contributed by atoms with van der Waals surface area (Å²) in [6.07, 6.45) is 3.55. The molecule has 0 amide bonds. The van der Waals surface area contributed by atoms with E-state index in [1.54, 1.807) is 0 Å². The average molecular weight is 272 g/mol. The maximum absolute atomic E-state index is 3.55. The lowest BCUT2D eigenvalue weighted by Gasteiger charge is -2.26. The topological polar surface area (TPSA) is 15.3 Å². The summed E-state index contributed by atoms with van der Waals surface area (Å²) in [6.45, 7) is 13.2. The van der Waals surface area contributed by atoms with Crippen LogP contribution >= 0.6 is 0 Å². The molecular formula is C18H28N2. The van der Waals surface area contributed by atoms with E-state index in [4.69, 9.17) is 0 Å². The van der Waals surface area contributed by atoms with Crippen LogP contribution in [0, 0.1) is 0 Å². The lowest BCUT2D eigenvalue weighted by Crippen LogP contribution is -2.35. The number of hydrogen-bond acceptors (Lipinski definition) is 2. The first-order valence-corrected chi connectivity index (χ1v) is 7.63. The Bertz CT molecular complexity index is 469. The van der Waals surface area contributed by atoms with Crippen molar-refractivity contribution >= 4 is 0 Å². The smallest absolute Gasteiger partial charge is 0.0237 e. The highest BCUT2D eigenvalue weighted by molar-refractivity contribution is 5.24. The van der Waals surface area contributed by atoms with Crippen molar-refractivity contribution in [3.05, 3.63) is 47.0 Å². The Labute approximate surface area is 123 Å². The molecule has 2 nitrogen and oxygen atoms in total. The first-order chi connectivity index (χ1) is 9.42. The van der Waals surface area contributed by atoms with E-state index >= 15 is 0 Å². The van der Waals surface area contributed by atoms with Crippen LogP contribution in [0.4, 0.5) is 0 Å². The summed E-state index contributed by atoms with van der Waals surface area (Å²) in [6, 6.07) is 8.98. The van der Waals surface area contributed by atoms with Gasteiger partial charge in [0.05, 0.1) is 0 Å². The Hall–Kier alpha value is -1.12. The van der Waals surface area contributed by atoms with Crippen LogP contribution in [0.25, 0.3) is 0 Å². The van der Waals surface area contributed by atoms with Crippen molar-refractivity contribution in [2.45, 2.75) is 52.7 Å². The first kappa shape index (κ1) is 15.3. The van der Waals surface area contributed by atoms with E-state index in [1.807, 2.05) is 0 Å². The zero-order chi connectivity index (χ0) is 14.6. The van der Waals surface area contributed by atoms with Crippen LogP contribution in [0.3, 0.4) is 0 Å². The van der Waals surface area contributed by atoms with Crippen molar-refractivity contribution < 1.29 is 0 Å². The van der Waals surface area contributed by atoms with Gasteiger partial charge in [0, 0.05) is 31.7 Å². The summed E-state index contributed by atoms with van der Waals surface area (Å²) >= 11 is 0. The highest BCUT2D eigenvalue weighted by Gasteiger charge is 2.11. The molecule has 0 saturated heterocycles. The predicted octanol–water partition coefficient (Wildman–Crippen LogP) is 3.73. The van der Waals surface area contributed by atoms with Crippen molar-refractivity contribution in [1.29, 1.82) is 0 Å². The van der Waals surface area contributed by atoms with Gasteiger partial charge in [0.15, 0.2) is 0 Å². The summed E-state index contributed by atoms with van der Waals surface area (Å²) in [5, 5.41) is 3.55. The maximum Gasteiger partial charge on any atom is 0.0237 e. The lowest BCUT2D eigenvalue weighted by atomic mass is 10.1. The van der Waals surface area contributed by atoms with Gasteiger partial charge >= 0.3 is 0 Å². The van der Waals surface area contributed by atoms with Gasteiger partial charge < -0.3 is 5.32 Å². The molecule has 1 heterocycles. The fourth-order valence-corrected chi connectivity index (χ4v) is 2.59. The van der Waals surface area contributed by atoms with Crippen LogP contribution < -0.4 is 5.32 Å². The van der Waals surface area contributed by atoms with Gasteiger partial charge in [-0.05, 0) is 45.2 Å². The third-order valence-electron chi connectivity index (χ3n) is 3.63. The zero-order valence-electron chi connectivity index (χ0n) is 13.4. The summed E-state index contributed by atoms with van der Waals surface area (Å²) in [7, 11) is 0. The van der Waals surface area contributed by atoms with E-state index in [2.05, 4.69) is 68.3 Å². The van der Waals surface area contributed by atoms with Crippen LogP contribution in [0.5, 0.6) is 0 Å². The summed E-state index contributed by atoms with van der Waals surface area (Å²) in [4.78, 5) is 2.53. The molecule has 0 saturated carbocycles. The second-order valence-electron chi connectivity index (χ2n) is 6.97. The minimum absolute atomic E-state index is 0.171. The lowest BCUT2D eigenvalue weighted by molar-refractivity contribution is 0.282. The molecular weight excluding hydrogens is 244 g/mol. The molecule has 0 aromatic heterocycles. The van der Waals surface area contributed by atoms with Gasteiger partial charge in [-0.2, -0.15) is 0 Å². The number of benzene rings is 1. The summed E-state index contributed by atoms with van der Waals surface area (Å²) in [5.74, 6) is 0. The monoisotopic (exact) mass is 272 g/mol. The third-order valence-corrected chi connectivity index (χ3v) is 3.63. The Morgan fingerprint density at radius 1 is 1.20 bits per heavy atom. The molecule has 1 aromatic rings. The highest BCUT2D eigenvalue weighted by atomic mass is 15.1. The Kier molecular flexibility index (Phi) is 5.00. The van der Waals surface area contributed by atoms with E-state index in [0.717, 1.165) is 19.6 Å². The first-order valence-electron chi connectivity index (χ1n) is 7.63. The van der Waals surface area contributed by atoms with E-state index in [-0.39, 0.29) is 5.54 Å². The molecule has 0 aliphatic carbocycles. The Balaban J connectivity index is 1.94. The summed E-state index contributed by atoms with van der Waals surface area (Å²) < 4.78 is 0. The van der Waals surface area contributed by atoms with Gasteiger partial charge in [0.2, 0.25) is 0 Å². The van der Waals surface area contributed by atoms with Crippen molar-refractivity contribution in [1.82, 2.24) is 10.2 Å². The normalized spacial score (nSPS) is 17.1. The molecule has 0 fully saturated rings. The second-order valence-corrected chi connectivity index (χ2v) is 6.97. The van der Waals surface area contributed by atoms with Gasteiger partial charge in [0.25, 0.3) is 0 Å². The molecule has 2 rings (SSSR count). The fourth-order valence-electron chi connectivity index (χ4n) is 2.59. The number of rotatable bonds is 4. The molecule has 20 heavy (non-hydrogen) atoms. The van der Waals surface area contributed by atoms with Crippen molar-refractivity contribution in [2.24, 2.45) is 0 Å². The van der Waals surface area contributed by atoms with Crippen molar-refractivity contribution in [3.63, 3.8) is 0 Å². The molecule has 110 valence electrons. The molecule has 1 aliphatic rings. The van der Waals surface area contributed by atoms with Crippen LogP contribution in [0.15, 0.2) is 35.9 Å². The standard InChI is InChI=1S/C18H28N2/c1-15-7-6-10-20(13-15)14-17-9-5-8-16(11-17)12-19-18(2,3)4/h5,7-9,11,19H,6,10,12-14H2,1-4H3. The SMILES string of the molecule is CC1=CCCN(Cc2cccc(CNC(C)(C)C)c2)C1. The van der Waals surface area contributed by atoms with Crippen LogP contribution in [-0.2, 0) is 13.1 Å². The van der Waals surface area contributed by atoms with Gasteiger partial charge in [0.1, 0.15) is 0 Å². The largest absolute Gasteiger partial charge is 0.308 e. The number of nitrogens with zero attached hydrogens (tertiary/aromatic N) is 1. The van der Waals surface area contributed by atoms with E-state index in [0.29, 0.717) is 0 Å². The number of nitrogens with one attached hydrogen (secondary N) is 1. The Morgan fingerprint density at radius 2 is 1.95 bits per heavy atom. The average Bonchev–Trinajstić information content (AvgIpc) is 2.36. The predicted molar refractivity (Wildman–Crippen MR) is 86.7 cm³/mol. The van der Waals surface area contributed by atoms with E-state index < -0.39 is 0 Å². The molecule has 0 bridgehead atoms. The quantitative estimate of drug-likeness (QED) is 0.840. The molecule has 1 aromatic carbocycles. The fraction of sp³-hybridized carbons (Fsp3) is 0.556. The highest BCUT2D eigenvalue weighted by Crippen LogP contribution is 2.14. The molecule has 1 N–H and O–H groups in total. The molecule has 2 heteroatoms. The van der Waals surface area contributed by atoms with Gasteiger partial charge in [-0.25, -0.2) is 0 Å². The zero-order valence-corrected chi connectivity index (χ0v) is 13.4.